The lowest BCUT2D eigenvalue weighted by Crippen LogP contribution is -2.28. The Kier molecular flexibility index (Phi) is 2.52. The lowest BCUT2D eigenvalue weighted by molar-refractivity contribution is 0.0223. The summed E-state index contributed by atoms with van der Waals surface area (Å²) in [6.07, 6.45) is 9.06. The Morgan fingerprint density at radius 3 is 2.36 bits per heavy atom. The van der Waals surface area contributed by atoms with Gasteiger partial charge in [0.25, 0.3) is 0 Å². The van der Waals surface area contributed by atoms with Gasteiger partial charge in [-0.15, -0.1) is 0 Å². The van der Waals surface area contributed by atoms with Crippen molar-refractivity contribution in [3.63, 3.8) is 0 Å². The number of hydrogen-bond donors (Lipinski definition) is 0. The van der Waals surface area contributed by atoms with Gasteiger partial charge in [0.15, 0.2) is 0 Å². The van der Waals surface area contributed by atoms with Gasteiger partial charge < -0.3 is 4.74 Å². The summed E-state index contributed by atoms with van der Waals surface area (Å²) in [5.74, 6) is 0. The Bertz CT molecular complexity index is 134. The molecule has 0 saturated heterocycles. The summed E-state index contributed by atoms with van der Waals surface area (Å²) < 4.78 is 5.87. The van der Waals surface area contributed by atoms with Gasteiger partial charge in [-0.05, 0) is 25.7 Å². The summed E-state index contributed by atoms with van der Waals surface area (Å²) in [5, 5.41) is 0. The minimum atomic E-state index is 0.524. The fourth-order valence-corrected chi connectivity index (χ4v) is 2.37. The average Bonchev–Trinajstić information content (AvgIpc) is 2.78. The molecule has 2 fully saturated rings. The van der Waals surface area contributed by atoms with E-state index in [2.05, 4.69) is 15.9 Å². The van der Waals surface area contributed by atoms with E-state index in [1.165, 1.54) is 38.5 Å². The maximum absolute atomic E-state index is 5.87. The first kappa shape index (κ1) is 8.06. The highest BCUT2D eigenvalue weighted by atomic mass is 79.9. The number of hydrogen-bond acceptors (Lipinski definition) is 1. The van der Waals surface area contributed by atoms with Crippen LogP contribution in [0.1, 0.15) is 38.5 Å². The molecular formula is C9H15BrO. The van der Waals surface area contributed by atoms with Crippen molar-refractivity contribution in [2.24, 2.45) is 0 Å². The number of ether oxygens (including phenoxy) is 1. The molecule has 64 valence electrons. The maximum atomic E-state index is 5.87. The third-order valence-corrected chi connectivity index (χ3v) is 3.56. The predicted molar refractivity (Wildman–Crippen MR) is 49.1 cm³/mol. The van der Waals surface area contributed by atoms with E-state index in [1.54, 1.807) is 0 Å². The second-order valence-corrected chi connectivity index (χ2v) is 4.85. The molecule has 11 heavy (non-hydrogen) atoms. The minimum Gasteiger partial charge on any atom is -0.374 e. The van der Waals surface area contributed by atoms with Crippen LogP contribution in [0, 0.1) is 0 Å². The standard InChI is InChI=1S/C9H15BrO/c10-8-3-1-2-4-9(8)11-7-5-6-7/h7-9H,1-6H2. The Balaban J connectivity index is 1.78. The van der Waals surface area contributed by atoms with Crippen molar-refractivity contribution >= 4 is 15.9 Å². The zero-order chi connectivity index (χ0) is 7.68. The van der Waals surface area contributed by atoms with Gasteiger partial charge in [0.05, 0.1) is 12.2 Å². The zero-order valence-corrected chi connectivity index (χ0v) is 8.35. The monoisotopic (exact) mass is 218 g/mol. The molecule has 0 radical (unpaired) electrons. The van der Waals surface area contributed by atoms with E-state index in [0.717, 1.165) is 0 Å². The third-order valence-electron chi connectivity index (χ3n) is 2.51. The van der Waals surface area contributed by atoms with E-state index < -0.39 is 0 Å². The van der Waals surface area contributed by atoms with Crippen molar-refractivity contribution < 1.29 is 4.74 Å². The average molecular weight is 219 g/mol. The second kappa shape index (κ2) is 3.44. The van der Waals surface area contributed by atoms with Gasteiger partial charge in [-0.25, -0.2) is 0 Å². The van der Waals surface area contributed by atoms with Gasteiger partial charge in [-0.1, -0.05) is 28.8 Å². The van der Waals surface area contributed by atoms with Crippen LogP contribution in [0.4, 0.5) is 0 Å². The highest BCUT2D eigenvalue weighted by Gasteiger charge is 2.30. The second-order valence-electron chi connectivity index (χ2n) is 3.67. The fraction of sp³-hybridized carbons (Fsp3) is 1.00. The van der Waals surface area contributed by atoms with E-state index in [0.29, 0.717) is 17.0 Å². The lowest BCUT2D eigenvalue weighted by Gasteiger charge is -2.27. The van der Waals surface area contributed by atoms with Gasteiger partial charge in [0.2, 0.25) is 0 Å². The molecule has 0 N–H and O–H groups in total. The van der Waals surface area contributed by atoms with E-state index in [1.807, 2.05) is 0 Å². The number of alkyl halides is 1. The van der Waals surface area contributed by atoms with Crippen molar-refractivity contribution in [3.8, 4) is 0 Å². The Morgan fingerprint density at radius 1 is 1.00 bits per heavy atom. The minimum absolute atomic E-state index is 0.524. The van der Waals surface area contributed by atoms with Gasteiger partial charge in [0.1, 0.15) is 0 Å². The van der Waals surface area contributed by atoms with Gasteiger partial charge in [-0.3, -0.25) is 0 Å². The highest BCUT2D eigenvalue weighted by Crippen LogP contribution is 2.33. The summed E-state index contributed by atoms with van der Waals surface area (Å²) in [6.45, 7) is 0. The SMILES string of the molecule is BrC1CCCCC1OC1CC1. The van der Waals surface area contributed by atoms with Crippen molar-refractivity contribution in [1.82, 2.24) is 0 Å². The van der Waals surface area contributed by atoms with Crippen molar-refractivity contribution in [3.05, 3.63) is 0 Å². The van der Waals surface area contributed by atoms with Crippen molar-refractivity contribution in [1.29, 1.82) is 0 Å². The molecular weight excluding hydrogens is 204 g/mol. The predicted octanol–water partition coefficient (Wildman–Crippen LogP) is 2.87. The van der Waals surface area contributed by atoms with E-state index in [4.69, 9.17) is 4.74 Å². The van der Waals surface area contributed by atoms with Gasteiger partial charge >= 0.3 is 0 Å². The maximum Gasteiger partial charge on any atom is 0.0703 e. The van der Waals surface area contributed by atoms with Crippen LogP contribution in [0.5, 0.6) is 0 Å². The smallest absolute Gasteiger partial charge is 0.0703 e. The number of rotatable bonds is 2. The first-order valence-electron chi connectivity index (χ1n) is 4.66. The molecule has 2 saturated carbocycles. The van der Waals surface area contributed by atoms with Crippen molar-refractivity contribution in [2.45, 2.75) is 55.6 Å². The molecule has 0 aromatic heterocycles. The summed E-state index contributed by atoms with van der Waals surface area (Å²) in [7, 11) is 0. The molecule has 0 spiro atoms. The van der Waals surface area contributed by atoms with E-state index >= 15 is 0 Å². The summed E-state index contributed by atoms with van der Waals surface area (Å²) in [6, 6.07) is 0. The molecule has 1 nitrogen and oxygen atoms in total. The molecule has 0 amide bonds. The van der Waals surface area contributed by atoms with Crippen LogP contribution in [-0.2, 0) is 4.74 Å². The fourth-order valence-electron chi connectivity index (χ4n) is 1.66. The lowest BCUT2D eigenvalue weighted by atomic mass is 9.98. The Labute approximate surface area is 76.6 Å². The van der Waals surface area contributed by atoms with E-state index in [-0.39, 0.29) is 0 Å². The Hall–Kier alpha value is 0.440. The van der Waals surface area contributed by atoms with Crippen LogP contribution >= 0.6 is 15.9 Å². The van der Waals surface area contributed by atoms with Crippen LogP contribution in [0.2, 0.25) is 0 Å². The third kappa shape index (κ3) is 2.19. The quantitative estimate of drug-likeness (QED) is 0.649. The molecule has 2 atom stereocenters. The van der Waals surface area contributed by atoms with E-state index in [9.17, 15) is 0 Å². The van der Waals surface area contributed by atoms with Crippen LogP contribution in [0.3, 0.4) is 0 Å². The zero-order valence-electron chi connectivity index (χ0n) is 6.76. The molecule has 0 bridgehead atoms. The molecule has 0 heterocycles. The first-order chi connectivity index (χ1) is 5.36. The molecule has 2 aliphatic carbocycles. The highest BCUT2D eigenvalue weighted by molar-refractivity contribution is 9.09. The topological polar surface area (TPSA) is 9.23 Å². The van der Waals surface area contributed by atoms with Crippen LogP contribution in [0.15, 0.2) is 0 Å². The summed E-state index contributed by atoms with van der Waals surface area (Å²) >= 11 is 3.69. The van der Waals surface area contributed by atoms with Crippen molar-refractivity contribution in [2.75, 3.05) is 0 Å². The van der Waals surface area contributed by atoms with Gasteiger partial charge in [-0.2, -0.15) is 0 Å². The summed E-state index contributed by atoms with van der Waals surface area (Å²) in [4.78, 5) is 0.636. The normalized spacial score (nSPS) is 39.0. The Morgan fingerprint density at radius 2 is 1.73 bits per heavy atom. The first-order valence-corrected chi connectivity index (χ1v) is 5.57. The largest absolute Gasteiger partial charge is 0.374 e. The molecule has 2 heteroatoms. The molecule has 0 aliphatic heterocycles. The van der Waals surface area contributed by atoms with Crippen LogP contribution in [0.25, 0.3) is 0 Å². The molecule has 2 unspecified atom stereocenters. The van der Waals surface area contributed by atoms with Crippen LogP contribution in [-0.4, -0.2) is 17.0 Å². The molecule has 2 aliphatic rings. The van der Waals surface area contributed by atoms with Crippen LogP contribution < -0.4 is 0 Å². The molecule has 2 rings (SSSR count). The molecule has 0 aromatic rings. The summed E-state index contributed by atoms with van der Waals surface area (Å²) in [5.41, 5.74) is 0. The van der Waals surface area contributed by atoms with Gasteiger partial charge in [0, 0.05) is 4.83 Å². The number of halogens is 1. The molecule has 0 aromatic carbocycles.